The Morgan fingerprint density at radius 2 is 2.12 bits per heavy atom. The summed E-state index contributed by atoms with van der Waals surface area (Å²) < 4.78 is 10.7. The highest BCUT2D eigenvalue weighted by Gasteiger charge is 2.07. The molecule has 0 bridgehead atoms. The second-order valence-corrected chi connectivity index (χ2v) is 3.93. The van der Waals surface area contributed by atoms with E-state index >= 15 is 0 Å². The maximum absolute atomic E-state index is 9.58. The Kier molecular flexibility index (Phi) is 5.97. The summed E-state index contributed by atoms with van der Waals surface area (Å²) in [5, 5.41) is 9.58. The number of nitrogens with two attached hydrogens (primary N) is 1. The number of ether oxygens (including phenoxy) is 2. The summed E-state index contributed by atoms with van der Waals surface area (Å²) >= 11 is 0. The van der Waals surface area contributed by atoms with Gasteiger partial charge in [0.1, 0.15) is 18.5 Å². The maximum atomic E-state index is 9.58. The van der Waals surface area contributed by atoms with E-state index in [1.165, 1.54) is 0 Å². The summed E-state index contributed by atoms with van der Waals surface area (Å²) in [7, 11) is 0. The van der Waals surface area contributed by atoms with Gasteiger partial charge in [0.15, 0.2) is 0 Å². The summed E-state index contributed by atoms with van der Waals surface area (Å²) in [6.07, 6.45) is -0.601. The first-order valence-corrected chi connectivity index (χ1v) is 5.85. The number of hydrogen-bond acceptors (Lipinski definition) is 4. The van der Waals surface area contributed by atoms with Crippen LogP contribution in [0, 0.1) is 6.92 Å². The lowest BCUT2D eigenvalue weighted by Gasteiger charge is -2.14. The molecule has 1 unspecified atom stereocenters. The molecule has 0 fully saturated rings. The second-order valence-electron chi connectivity index (χ2n) is 3.93. The van der Waals surface area contributed by atoms with Crippen molar-refractivity contribution in [3.05, 3.63) is 29.3 Å². The van der Waals surface area contributed by atoms with Crippen LogP contribution in [-0.2, 0) is 11.3 Å². The molecule has 1 aromatic rings. The minimum atomic E-state index is -0.601. The Labute approximate surface area is 102 Å². The fraction of sp³-hybridized carbons (Fsp3) is 0.538. The van der Waals surface area contributed by atoms with Gasteiger partial charge in [-0.3, -0.25) is 0 Å². The summed E-state index contributed by atoms with van der Waals surface area (Å²) in [4.78, 5) is 0. The van der Waals surface area contributed by atoms with Crippen LogP contribution in [0.1, 0.15) is 18.1 Å². The number of benzene rings is 1. The molecule has 0 aromatic heterocycles. The van der Waals surface area contributed by atoms with E-state index in [4.69, 9.17) is 15.2 Å². The lowest BCUT2D eigenvalue weighted by molar-refractivity contribution is 0.0163. The van der Waals surface area contributed by atoms with Crippen molar-refractivity contribution in [2.45, 2.75) is 26.5 Å². The molecule has 0 spiro atoms. The molecule has 0 aliphatic carbocycles. The van der Waals surface area contributed by atoms with Gasteiger partial charge in [-0.05, 0) is 31.0 Å². The molecule has 17 heavy (non-hydrogen) atoms. The van der Waals surface area contributed by atoms with Gasteiger partial charge in [-0.15, -0.1) is 0 Å². The molecule has 0 heterocycles. The molecule has 4 nitrogen and oxygen atoms in total. The quantitative estimate of drug-likeness (QED) is 0.751. The third-order valence-electron chi connectivity index (χ3n) is 2.43. The van der Waals surface area contributed by atoms with Gasteiger partial charge in [-0.25, -0.2) is 0 Å². The normalized spacial score (nSPS) is 12.5. The molecule has 0 aliphatic rings. The summed E-state index contributed by atoms with van der Waals surface area (Å²) in [5.41, 5.74) is 7.62. The number of hydrogen-bond donors (Lipinski definition) is 2. The van der Waals surface area contributed by atoms with Gasteiger partial charge in [-0.2, -0.15) is 0 Å². The van der Waals surface area contributed by atoms with Gasteiger partial charge in [-0.1, -0.05) is 12.1 Å². The maximum Gasteiger partial charge on any atom is 0.122 e. The van der Waals surface area contributed by atoms with E-state index in [0.29, 0.717) is 19.8 Å². The van der Waals surface area contributed by atoms with Crippen molar-refractivity contribution in [2.75, 3.05) is 19.8 Å². The molecule has 0 amide bonds. The third kappa shape index (κ3) is 4.73. The van der Waals surface area contributed by atoms with Crippen LogP contribution in [0.5, 0.6) is 5.75 Å². The van der Waals surface area contributed by atoms with Crippen LogP contribution in [0.15, 0.2) is 18.2 Å². The zero-order chi connectivity index (χ0) is 12.7. The lowest BCUT2D eigenvalue weighted by atomic mass is 10.1. The van der Waals surface area contributed by atoms with E-state index < -0.39 is 6.10 Å². The van der Waals surface area contributed by atoms with Crippen LogP contribution in [0.4, 0.5) is 0 Å². The molecule has 0 radical (unpaired) electrons. The van der Waals surface area contributed by atoms with E-state index in [-0.39, 0.29) is 6.61 Å². The lowest BCUT2D eigenvalue weighted by Crippen LogP contribution is -2.23. The van der Waals surface area contributed by atoms with E-state index in [9.17, 15) is 5.11 Å². The smallest absolute Gasteiger partial charge is 0.122 e. The van der Waals surface area contributed by atoms with Crippen LogP contribution in [-0.4, -0.2) is 31.0 Å². The van der Waals surface area contributed by atoms with Gasteiger partial charge in [0.25, 0.3) is 0 Å². The Morgan fingerprint density at radius 1 is 1.35 bits per heavy atom. The molecule has 0 saturated carbocycles. The molecule has 0 saturated heterocycles. The fourth-order valence-corrected chi connectivity index (χ4v) is 1.41. The summed E-state index contributed by atoms with van der Waals surface area (Å²) in [5.74, 6) is 0.767. The van der Waals surface area contributed by atoms with E-state index in [1.54, 1.807) is 0 Å². The van der Waals surface area contributed by atoms with Crippen LogP contribution >= 0.6 is 0 Å². The summed E-state index contributed by atoms with van der Waals surface area (Å²) in [6, 6.07) is 5.84. The zero-order valence-electron chi connectivity index (χ0n) is 10.5. The van der Waals surface area contributed by atoms with Crippen LogP contribution in [0.25, 0.3) is 0 Å². The van der Waals surface area contributed by atoms with Gasteiger partial charge >= 0.3 is 0 Å². The number of aliphatic hydroxyl groups is 1. The Balaban J connectivity index is 2.50. The van der Waals surface area contributed by atoms with Crippen molar-refractivity contribution >= 4 is 0 Å². The van der Waals surface area contributed by atoms with Gasteiger partial charge < -0.3 is 20.3 Å². The molecular formula is C13H21NO3. The molecule has 0 aliphatic heterocycles. The second kappa shape index (κ2) is 7.27. The third-order valence-corrected chi connectivity index (χ3v) is 2.43. The number of aryl methyl sites for hydroxylation is 1. The Morgan fingerprint density at radius 3 is 2.76 bits per heavy atom. The number of aliphatic hydroxyl groups excluding tert-OH is 1. The molecule has 4 heteroatoms. The SMILES string of the molecule is CCOCC(O)COc1cc(CN)ccc1C. The average Bonchev–Trinajstić information content (AvgIpc) is 2.35. The highest BCUT2D eigenvalue weighted by molar-refractivity contribution is 5.36. The first-order chi connectivity index (χ1) is 8.17. The monoisotopic (exact) mass is 239 g/mol. The molecule has 1 aromatic carbocycles. The predicted octanol–water partition coefficient (Wildman–Crippen LogP) is 1.23. The zero-order valence-corrected chi connectivity index (χ0v) is 10.5. The van der Waals surface area contributed by atoms with Crippen molar-refractivity contribution < 1.29 is 14.6 Å². The summed E-state index contributed by atoms with van der Waals surface area (Å²) in [6.45, 7) is 5.46. The van der Waals surface area contributed by atoms with Gasteiger partial charge in [0, 0.05) is 13.2 Å². The molecule has 1 atom stereocenters. The van der Waals surface area contributed by atoms with Crippen molar-refractivity contribution in [3.63, 3.8) is 0 Å². The van der Waals surface area contributed by atoms with Crippen LogP contribution < -0.4 is 10.5 Å². The standard InChI is InChI=1S/C13H21NO3/c1-3-16-8-12(15)9-17-13-6-11(7-14)5-4-10(13)2/h4-6,12,15H,3,7-9,14H2,1-2H3. The van der Waals surface area contributed by atoms with Gasteiger partial charge in [0.2, 0.25) is 0 Å². The molecule has 1 rings (SSSR count). The van der Waals surface area contributed by atoms with E-state index in [1.807, 2.05) is 32.0 Å². The highest BCUT2D eigenvalue weighted by Crippen LogP contribution is 2.19. The molecule has 96 valence electrons. The van der Waals surface area contributed by atoms with E-state index in [0.717, 1.165) is 16.9 Å². The first-order valence-electron chi connectivity index (χ1n) is 5.85. The van der Waals surface area contributed by atoms with Crippen molar-refractivity contribution in [1.29, 1.82) is 0 Å². The van der Waals surface area contributed by atoms with Crippen LogP contribution in [0.2, 0.25) is 0 Å². The van der Waals surface area contributed by atoms with Crippen molar-refractivity contribution in [3.8, 4) is 5.75 Å². The van der Waals surface area contributed by atoms with Crippen molar-refractivity contribution in [2.24, 2.45) is 5.73 Å². The molecular weight excluding hydrogens is 218 g/mol. The number of rotatable bonds is 7. The first kappa shape index (κ1) is 14.0. The van der Waals surface area contributed by atoms with E-state index in [2.05, 4.69) is 0 Å². The fourth-order valence-electron chi connectivity index (χ4n) is 1.41. The van der Waals surface area contributed by atoms with Crippen molar-refractivity contribution in [1.82, 2.24) is 0 Å². The largest absolute Gasteiger partial charge is 0.491 e. The topological polar surface area (TPSA) is 64.7 Å². The molecule has 3 N–H and O–H groups in total. The minimum Gasteiger partial charge on any atom is -0.491 e. The highest BCUT2D eigenvalue weighted by atomic mass is 16.5. The Bertz CT molecular complexity index is 341. The Hall–Kier alpha value is -1.10. The van der Waals surface area contributed by atoms with Gasteiger partial charge in [0.05, 0.1) is 6.61 Å². The average molecular weight is 239 g/mol. The minimum absolute atomic E-state index is 0.231. The van der Waals surface area contributed by atoms with Crippen LogP contribution in [0.3, 0.4) is 0 Å². The predicted molar refractivity (Wildman–Crippen MR) is 67.1 cm³/mol.